The van der Waals surface area contributed by atoms with Gasteiger partial charge in [0.1, 0.15) is 0 Å². The number of thiol groups is 1. The van der Waals surface area contributed by atoms with E-state index in [9.17, 15) is 0 Å². The number of para-hydroxylation sites is 2. The molecule has 7 aromatic rings. The molecule has 0 N–H and O–H groups in total. The summed E-state index contributed by atoms with van der Waals surface area (Å²) in [5, 5.41) is 8.00. The lowest BCUT2D eigenvalue weighted by Crippen LogP contribution is -2.74. The topological polar surface area (TPSA) is 4.93 Å². The van der Waals surface area contributed by atoms with Crippen molar-refractivity contribution in [3.63, 3.8) is 0 Å². The lowest BCUT2D eigenvalue weighted by molar-refractivity contribution is 0.792. The fourth-order valence-electron chi connectivity index (χ4n) is 6.59. The number of aromatic nitrogens is 1. The molecular weight excluding hydrogens is 543 g/mol. The Morgan fingerprint density at radius 1 is 0.476 bits per heavy atom. The Bertz CT molecular complexity index is 1930. The van der Waals surface area contributed by atoms with Crippen molar-refractivity contribution in [2.45, 2.75) is 18.6 Å². The van der Waals surface area contributed by atoms with Crippen LogP contribution in [0.1, 0.15) is 19.4 Å². The van der Waals surface area contributed by atoms with Crippen LogP contribution in [0, 0.1) is 0 Å². The van der Waals surface area contributed by atoms with Crippen LogP contribution in [0.25, 0.3) is 27.5 Å². The number of benzene rings is 6. The summed E-state index contributed by atoms with van der Waals surface area (Å²) < 4.78 is 2.17. The van der Waals surface area contributed by atoms with Crippen LogP contribution in [-0.2, 0) is 4.75 Å². The lowest BCUT2D eigenvalue weighted by Gasteiger charge is -2.35. The number of rotatable bonds is 6. The summed E-state index contributed by atoms with van der Waals surface area (Å²) >= 11 is 4.99. The zero-order valence-corrected chi connectivity index (χ0v) is 25.8. The van der Waals surface area contributed by atoms with Gasteiger partial charge in [-0.2, -0.15) is 12.6 Å². The molecule has 7 rings (SSSR count). The Labute approximate surface area is 254 Å². The largest absolute Gasteiger partial charge is 0.309 e. The minimum Gasteiger partial charge on any atom is -0.309 e. The van der Waals surface area contributed by atoms with E-state index in [1.807, 2.05) is 0 Å². The van der Waals surface area contributed by atoms with Gasteiger partial charge in [-0.3, -0.25) is 0 Å². The SMILES string of the molecule is CC(C)(S)c1cccc([Si](c2ccccc2)(c2ccccc2)c2cccc(-n3c4ccccc4c4ccccc43)c2)c1. The van der Waals surface area contributed by atoms with E-state index in [2.05, 4.69) is 176 Å². The van der Waals surface area contributed by atoms with Gasteiger partial charge in [-0.15, -0.1) is 0 Å². The summed E-state index contributed by atoms with van der Waals surface area (Å²) in [6.45, 7) is 4.35. The molecule has 0 radical (unpaired) electrons. The Morgan fingerprint density at radius 2 is 0.929 bits per heavy atom. The molecule has 6 aromatic carbocycles. The van der Waals surface area contributed by atoms with Gasteiger partial charge in [0.05, 0.1) is 11.0 Å². The normalized spacial score (nSPS) is 12.2. The third kappa shape index (κ3) is 4.32. The maximum absolute atomic E-state index is 4.99. The van der Waals surface area contributed by atoms with Gasteiger partial charge in [-0.25, -0.2) is 0 Å². The van der Waals surface area contributed by atoms with Crippen LogP contribution in [0.2, 0.25) is 0 Å². The average molecular weight is 576 g/mol. The quantitative estimate of drug-likeness (QED) is 0.120. The van der Waals surface area contributed by atoms with Crippen molar-refractivity contribution in [1.29, 1.82) is 0 Å². The second-order valence-corrected chi connectivity index (χ2v) is 16.5. The van der Waals surface area contributed by atoms with E-state index < -0.39 is 8.07 Å². The van der Waals surface area contributed by atoms with Crippen molar-refractivity contribution in [3.05, 3.63) is 163 Å². The van der Waals surface area contributed by atoms with Gasteiger partial charge in [-0.1, -0.05) is 133 Å². The molecule has 0 aliphatic rings. The Kier molecular flexibility index (Phi) is 6.65. The van der Waals surface area contributed by atoms with Crippen molar-refractivity contribution < 1.29 is 0 Å². The van der Waals surface area contributed by atoms with E-state index in [0.717, 1.165) is 0 Å². The van der Waals surface area contributed by atoms with Crippen molar-refractivity contribution in [1.82, 2.24) is 4.57 Å². The smallest absolute Gasteiger partial charge is 0.179 e. The first-order chi connectivity index (χ1) is 20.5. The van der Waals surface area contributed by atoms with Crippen LogP contribution in [0.5, 0.6) is 0 Å². The number of hydrogen-bond acceptors (Lipinski definition) is 1. The molecule has 0 amide bonds. The van der Waals surface area contributed by atoms with Gasteiger partial charge in [0.15, 0.2) is 8.07 Å². The molecule has 3 heteroatoms. The average Bonchev–Trinajstić information content (AvgIpc) is 3.37. The first-order valence-corrected chi connectivity index (χ1v) is 17.0. The van der Waals surface area contributed by atoms with Crippen LogP contribution in [0.15, 0.2) is 158 Å². The van der Waals surface area contributed by atoms with Gasteiger partial charge in [-0.05, 0) is 64.4 Å². The van der Waals surface area contributed by atoms with Crippen LogP contribution in [0.4, 0.5) is 0 Å². The van der Waals surface area contributed by atoms with Gasteiger partial charge < -0.3 is 4.57 Å². The third-order valence-electron chi connectivity index (χ3n) is 8.53. The van der Waals surface area contributed by atoms with Crippen molar-refractivity contribution >= 4 is 63.3 Å². The molecule has 0 bridgehead atoms. The molecule has 0 aliphatic carbocycles. The molecule has 0 atom stereocenters. The number of nitrogens with zero attached hydrogens (tertiary/aromatic N) is 1. The van der Waals surface area contributed by atoms with E-state index >= 15 is 0 Å². The fourth-order valence-corrected chi connectivity index (χ4v) is 11.5. The lowest BCUT2D eigenvalue weighted by atomic mass is 10.0. The van der Waals surface area contributed by atoms with Crippen LogP contribution >= 0.6 is 12.6 Å². The molecule has 0 aliphatic heterocycles. The standard InChI is InChI=1S/C39H33NSSi/c1-39(2,41)29-15-13-21-33(27-29)42(31-17-5-3-6-18-31,32-19-7-4-8-20-32)34-22-14-16-30(28-34)40-37-25-11-9-23-35(37)36-24-10-12-26-38(36)40/h3-28,41H,1-2H3. The van der Waals surface area contributed by atoms with Crippen LogP contribution < -0.4 is 20.7 Å². The van der Waals surface area contributed by atoms with Crippen molar-refractivity contribution in [3.8, 4) is 5.69 Å². The highest BCUT2D eigenvalue weighted by atomic mass is 32.1. The van der Waals surface area contributed by atoms with Crippen LogP contribution in [-0.4, -0.2) is 12.6 Å². The van der Waals surface area contributed by atoms with Gasteiger partial charge in [0.25, 0.3) is 0 Å². The fraction of sp³-hybridized carbons (Fsp3) is 0.0769. The highest BCUT2D eigenvalue weighted by molar-refractivity contribution is 7.81. The third-order valence-corrected chi connectivity index (χ3v) is 13.5. The Morgan fingerprint density at radius 3 is 1.48 bits per heavy atom. The minimum absolute atomic E-state index is 0.256. The first-order valence-electron chi connectivity index (χ1n) is 14.5. The van der Waals surface area contributed by atoms with E-state index in [1.54, 1.807) is 0 Å². The van der Waals surface area contributed by atoms with Crippen molar-refractivity contribution in [2.24, 2.45) is 0 Å². The summed E-state index contributed by atoms with van der Waals surface area (Å²) in [6.07, 6.45) is 0. The Balaban J connectivity index is 1.58. The highest BCUT2D eigenvalue weighted by Crippen LogP contribution is 2.32. The van der Waals surface area contributed by atoms with Gasteiger partial charge in [0.2, 0.25) is 0 Å². The van der Waals surface area contributed by atoms with Crippen molar-refractivity contribution in [2.75, 3.05) is 0 Å². The molecule has 1 aromatic heterocycles. The van der Waals surface area contributed by atoms with Crippen LogP contribution in [0.3, 0.4) is 0 Å². The predicted octanol–water partition coefficient (Wildman–Crippen LogP) is 7.33. The van der Waals surface area contributed by atoms with E-state index in [1.165, 1.54) is 53.8 Å². The molecule has 1 nitrogen and oxygen atoms in total. The number of fused-ring (bicyclic) bond motifs is 3. The van der Waals surface area contributed by atoms with Gasteiger partial charge in [0, 0.05) is 21.2 Å². The van der Waals surface area contributed by atoms with E-state index in [-0.39, 0.29) is 4.75 Å². The molecule has 42 heavy (non-hydrogen) atoms. The molecule has 1 heterocycles. The Hall–Kier alpha value is -4.31. The first kappa shape index (κ1) is 26.6. The molecular formula is C39H33NSSi. The molecule has 0 spiro atoms. The van der Waals surface area contributed by atoms with E-state index in [0.29, 0.717) is 0 Å². The molecule has 0 fully saturated rings. The zero-order chi connectivity index (χ0) is 28.7. The maximum atomic E-state index is 4.99. The summed E-state index contributed by atoms with van der Waals surface area (Å²) in [4.78, 5) is 0. The molecule has 0 unspecified atom stereocenters. The summed E-state index contributed by atoms with van der Waals surface area (Å²) in [5.41, 5.74) is 4.85. The minimum atomic E-state index is -2.74. The summed E-state index contributed by atoms with van der Waals surface area (Å²) in [7, 11) is -2.74. The monoisotopic (exact) mass is 575 g/mol. The molecule has 0 saturated carbocycles. The zero-order valence-electron chi connectivity index (χ0n) is 23.9. The summed E-state index contributed by atoms with van der Waals surface area (Å²) in [6, 6.07) is 58.2. The number of hydrogen-bond donors (Lipinski definition) is 1. The molecule has 204 valence electrons. The van der Waals surface area contributed by atoms with Gasteiger partial charge >= 0.3 is 0 Å². The second-order valence-electron chi connectivity index (χ2n) is 11.5. The second kappa shape index (κ2) is 10.5. The van der Waals surface area contributed by atoms with E-state index in [4.69, 9.17) is 12.6 Å². The summed E-state index contributed by atoms with van der Waals surface area (Å²) in [5.74, 6) is 0. The predicted molar refractivity (Wildman–Crippen MR) is 186 cm³/mol. The molecule has 0 saturated heterocycles. The maximum Gasteiger partial charge on any atom is 0.179 e. The highest BCUT2D eigenvalue weighted by Gasteiger charge is 2.42.